The molecular formula is C9H11NO3. The lowest BCUT2D eigenvalue weighted by atomic mass is 10.3. The Morgan fingerprint density at radius 1 is 1.62 bits per heavy atom. The number of carboxylic acids is 1. The second kappa shape index (κ2) is 3.80. The quantitative estimate of drug-likeness (QED) is 0.685. The first-order valence-electron chi connectivity index (χ1n) is 3.84. The van der Waals surface area contributed by atoms with Crippen molar-refractivity contribution in [2.45, 2.75) is 13.0 Å². The lowest BCUT2D eigenvalue weighted by molar-refractivity contribution is -0.144. The molecule has 13 heavy (non-hydrogen) atoms. The van der Waals surface area contributed by atoms with Crippen molar-refractivity contribution in [2.24, 2.45) is 0 Å². The minimum absolute atomic E-state index is 0.468. The lowest BCUT2D eigenvalue weighted by Crippen LogP contribution is -2.22. The van der Waals surface area contributed by atoms with Gasteiger partial charge in [0.1, 0.15) is 5.75 Å². The summed E-state index contributed by atoms with van der Waals surface area (Å²) < 4.78 is 5.08. The molecular weight excluding hydrogens is 170 g/mol. The molecule has 0 aromatic heterocycles. The molecule has 1 aromatic carbocycles. The van der Waals surface area contributed by atoms with E-state index < -0.39 is 12.1 Å². The zero-order chi connectivity index (χ0) is 9.84. The third-order valence-electron chi connectivity index (χ3n) is 1.52. The van der Waals surface area contributed by atoms with E-state index in [4.69, 9.17) is 15.6 Å². The standard InChI is InChI=1S/C9H11NO3/c1-6(9(11)12)13-8-4-2-3-7(10)5-8/h2-6H,10H2,1H3,(H,11,12)/t6-/m1/s1. The first-order chi connectivity index (χ1) is 6.09. The predicted molar refractivity (Wildman–Crippen MR) is 48.6 cm³/mol. The molecule has 0 unspecified atom stereocenters. The van der Waals surface area contributed by atoms with Gasteiger partial charge in [-0.3, -0.25) is 0 Å². The van der Waals surface area contributed by atoms with E-state index in [-0.39, 0.29) is 0 Å². The number of ether oxygens (including phenoxy) is 1. The lowest BCUT2D eigenvalue weighted by Gasteiger charge is -2.10. The van der Waals surface area contributed by atoms with Crippen LogP contribution in [0.1, 0.15) is 6.92 Å². The highest BCUT2D eigenvalue weighted by Crippen LogP contribution is 2.15. The van der Waals surface area contributed by atoms with Crippen molar-refractivity contribution in [3.8, 4) is 5.75 Å². The SMILES string of the molecule is C[C@@H](Oc1cccc(N)c1)C(=O)O. The number of rotatable bonds is 3. The minimum atomic E-state index is -0.998. The van der Waals surface area contributed by atoms with Crippen LogP contribution >= 0.6 is 0 Å². The van der Waals surface area contributed by atoms with Crippen LogP contribution in [0.15, 0.2) is 24.3 Å². The van der Waals surface area contributed by atoms with E-state index in [1.54, 1.807) is 24.3 Å². The monoisotopic (exact) mass is 181 g/mol. The molecule has 0 spiro atoms. The molecule has 0 aliphatic carbocycles. The van der Waals surface area contributed by atoms with Gasteiger partial charge in [-0.15, -0.1) is 0 Å². The third-order valence-corrected chi connectivity index (χ3v) is 1.52. The van der Waals surface area contributed by atoms with E-state index in [1.165, 1.54) is 6.92 Å². The average molecular weight is 181 g/mol. The summed E-state index contributed by atoms with van der Waals surface area (Å²) in [5, 5.41) is 8.56. The molecule has 0 fully saturated rings. The number of aliphatic carboxylic acids is 1. The number of nitrogens with two attached hydrogens (primary N) is 1. The second-order valence-electron chi connectivity index (χ2n) is 2.67. The van der Waals surface area contributed by atoms with Crippen LogP contribution < -0.4 is 10.5 Å². The molecule has 0 saturated carbocycles. The molecule has 0 aliphatic rings. The highest BCUT2D eigenvalue weighted by atomic mass is 16.5. The number of anilines is 1. The minimum Gasteiger partial charge on any atom is -0.479 e. The van der Waals surface area contributed by atoms with Gasteiger partial charge in [-0.2, -0.15) is 0 Å². The molecule has 1 rings (SSSR count). The van der Waals surface area contributed by atoms with Crippen LogP contribution in [-0.4, -0.2) is 17.2 Å². The van der Waals surface area contributed by atoms with Crippen molar-refractivity contribution in [3.05, 3.63) is 24.3 Å². The molecule has 3 N–H and O–H groups in total. The van der Waals surface area contributed by atoms with E-state index in [0.717, 1.165) is 0 Å². The van der Waals surface area contributed by atoms with Crippen molar-refractivity contribution >= 4 is 11.7 Å². The molecule has 0 heterocycles. The van der Waals surface area contributed by atoms with E-state index in [0.29, 0.717) is 11.4 Å². The molecule has 0 radical (unpaired) electrons. The van der Waals surface area contributed by atoms with Crippen molar-refractivity contribution in [1.29, 1.82) is 0 Å². The van der Waals surface area contributed by atoms with E-state index in [2.05, 4.69) is 0 Å². The molecule has 1 atom stereocenters. The van der Waals surface area contributed by atoms with Crippen molar-refractivity contribution in [2.75, 3.05) is 5.73 Å². The number of hydrogen-bond donors (Lipinski definition) is 2. The summed E-state index contributed by atoms with van der Waals surface area (Å²) in [5.41, 5.74) is 6.03. The van der Waals surface area contributed by atoms with Gasteiger partial charge in [-0.05, 0) is 19.1 Å². The Kier molecular flexibility index (Phi) is 2.74. The summed E-state index contributed by atoms with van der Waals surface area (Å²) in [6, 6.07) is 6.66. The van der Waals surface area contributed by atoms with Crippen LogP contribution in [0.3, 0.4) is 0 Å². The van der Waals surface area contributed by atoms with Gasteiger partial charge in [0.25, 0.3) is 0 Å². The summed E-state index contributed by atoms with van der Waals surface area (Å²) in [6.45, 7) is 1.46. The van der Waals surface area contributed by atoms with Gasteiger partial charge in [0, 0.05) is 11.8 Å². The first kappa shape index (κ1) is 9.38. The molecule has 0 saturated heterocycles. The largest absolute Gasteiger partial charge is 0.479 e. The maximum Gasteiger partial charge on any atom is 0.344 e. The van der Waals surface area contributed by atoms with E-state index in [9.17, 15) is 4.79 Å². The number of hydrogen-bond acceptors (Lipinski definition) is 3. The molecule has 4 nitrogen and oxygen atoms in total. The van der Waals surface area contributed by atoms with Crippen LogP contribution in [0.5, 0.6) is 5.75 Å². The summed E-state index contributed by atoms with van der Waals surface area (Å²) in [6.07, 6.45) is -0.859. The average Bonchev–Trinajstić information content (AvgIpc) is 2.04. The molecule has 0 bridgehead atoms. The Bertz CT molecular complexity index is 311. The van der Waals surface area contributed by atoms with Crippen molar-refractivity contribution in [3.63, 3.8) is 0 Å². The summed E-state index contributed by atoms with van der Waals surface area (Å²) >= 11 is 0. The van der Waals surface area contributed by atoms with Crippen molar-refractivity contribution < 1.29 is 14.6 Å². The van der Waals surface area contributed by atoms with Crippen LogP contribution in [0.2, 0.25) is 0 Å². The topological polar surface area (TPSA) is 72.5 Å². The molecule has 70 valence electrons. The van der Waals surface area contributed by atoms with Gasteiger partial charge in [-0.1, -0.05) is 6.07 Å². The van der Waals surface area contributed by atoms with Crippen LogP contribution in [0.4, 0.5) is 5.69 Å². The van der Waals surface area contributed by atoms with Gasteiger partial charge in [-0.25, -0.2) is 4.79 Å². The fourth-order valence-corrected chi connectivity index (χ4v) is 0.842. The Morgan fingerprint density at radius 3 is 2.85 bits per heavy atom. The molecule has 0 amide bonds. The van der Waals surface area contributed by atoms with Gasteiger partial charge >= 0.3 is 5.97 Å². The van der Waals surface area contributed by atoms with Gasteiger partial charge in [0.2, 0.25) is 0 Å². The highest BCUT2D eigenvalue weighted by molar-refractivity contribution is 5.72. The Hall–Kier alpha value is -1.71. The summed E-state index contributed by atoms with van der Waals surface area (Å²) in [7, 11) is 0. The molecule has 1 aromatic rings. The summed E-state index contributed by atoms with van der Waals surface area (Å²) in [5.74, 6) is -0.530. The predicted octanol–water partition coefficient (Wildman–Crippen LogP) is 1.12. The first-order valence-corrected chi connectivity index (χ1v) is 3.84. The smallest absolute Gasteiger partial charge is 0.344 e. The molecule has 4 heteroatoms. The van der Waals surface area contributed by atoms with Crippen molar-refractivity contribution in [1.82, 2.24) is 0 Å². The van der Waals surface area contributed by atoms with Gasteiger partial charge < -0.3 is 15.6 Å². The maximum atomic E-state index is 10.4. The molecule has 0 aliphatic heterocycles. The second-order valence-corrected chi connectivity index (χ2v) is 2.67. The number of carbonyl (C=O) groups is 1. The van der Waals surface area contributed by atoms with E-state index >= 15 is 0 Å². The fraction of sp³-hybridized carbons (Fsp3) is 0.222. The summed E-state index contributed by atoms with van der Waals surface area (Å²) in [4.78, 5) is 10.4. The fourth-order valence-electron chi connectivity index (χ4n) is 0.842. The zero-order valence-electron chi connectivity index (χ0n) is 7.23. The number of carboxylic acid groups (broad SMARTS) is 1. The van der Waals surface area contributed by atoms with Crippen LogP contribution in [0, 0.1) is 0 Å². The number of nitrogen functional groups attached to an aromatic ring is 1. The zero-order valence-corrected chi connectivity index (χ0v) is 7.23. The Morgan fingerprint density at radius 2 is 2.31 bits per heavy atom. The maximum absolute atomic E-state index is 10.4. The van der Waals surface area contributed by atoms with E-state index in [1.807, 2.05) is 0 Å². The normalized spacial score (nSPS) is 12.1. The Labute approximate surface area is 75.9 Å². The number of benzene rings is 1. The third kappa shape index (κ3) is 2.66. The Balaban J connectivity index is 2.69. The van der Waals surface area contributed by atoms with Gasteiger partial charge in [0.05, 0.1) is 0 Å². The van der Waals surface area contributed by atoms with Gasteiger partial charge in [0.15, 0.2) is 6.10 Å². The highest BCUT2D eigenvalue weighted by Gasteiger charge is 2.11. The van der Waals surface area contributed by atoms with Crippen LogP contribution in [-0.2, 0) is 4.79 Å². The van der Waals surface area contributed by atoms with Crippen LogP contribution in [0.25, 0.3) is 0 Å².